The average Bonchev–Trinajstić information content (AvgIpc) is 2.60. The number of hydrogen-bond donors (Lipinski definition) is 0. The Balaban J connectivity index is 2.26. The molecule has 2 rings (SSSR count). The Morgan fingerprint density at radius 2 is 1.70 bits per heavy atom. The molecule has 0 aliphatic carbocycles. The zero-order valence-electron chi connectivity index (χ0n) is 13.9. The van der Waals surface area contributed by atoms with Gasteiger partial charge in [0.25, 0.3) is 0 Å². The molecule has 23 heavy (non-hydrogen) atoms. The van der Waals surface area contributed by atoms with Crippen molar-refractivity contribution in [3.8, 4) is 17.2 Å². The molecule has 0 spiro atoms. The van der Waals surface area contributed by atoms with E-state index >= 15 is 0 Å². The van der Waals surface area contributed by atoms with Gasteiger partial charge in [0.15, 0.2) is 11.5 Å². The number of rotatable bonds is 10. The van der Waals surface area contributed by atoms with Crippen LogP contribution in [0, 0.1) is 0 Å². The zero-order valence-corrected chi connectivity index (χ0v) is 15.5. The second kappa shape index (κ2) is 9.66. The van der Waals surface area contributed by atoms with E-state index < -0.39 is 0 Å². The third-order valence-electron chi connectivity index (χ3n) is 3.63. The number of ether oxygens (including phenoxy) is 3. The minimum atomic E-state index is 0.674. The van der Waals surface area contributed by atoms with Crippen molar-refractivity contribution in [3.63, 3.8) is 0 Å². The van der Waals surface area contributed by atoms with Crippen LogP contribution in [0.4, 0.5) is 0 Å². The lowest BCUT2D eigenvalue weighted by Crippen LogP contribution is -2.02. The highest BCUT2D eigenvalue weighted by atomic mass is 79.9. The van der Waals surface area contributed by atoms with Crippen LogP contribution in [0.2, 0.25) is 0 Å². The van der Waals surface area contributed by atoms with E-state index in [-0.39, 0.29) is 0 Å². The lowest BCUT2D eigenvalue weighted by Gasteiger charge is -2.16. The Hall–Kier alpha value is -1.42. The fourth-order valence-corrected chi connectivity index (χ4v) is 2.87. The second-order valence-electron chi connectivity index (χ2n) is 5.40. The van der Waals surface area contributed by atoms with Crippen LogP contribution in [0.1, 0.15) is 32.6 Å². The lowest BCUT2D eigenvalue weighted by atomic mass is 10.1. The van der Waals surface area contributed by atoms with Crippen LogP contribution in [0.15, 0.2) is 30.3 Å². The first-order valence-electron chi connectivity index (χ1n) is 8.23. The van der Waals surface area contributed by atoms with Crippen molar-refractivity contribution in [2.45, 2.75) is 32.6 Å². The van der Waals surface area contributed by atoms with Crippen LogP contribution in [0.5, 0.6) is 17.2 Å². The summed E-state index contributed by atoms with van der Waals surface area (Å²) in [7, 11) is 1.67. The molecule has 3 nitrogen and oxygen atoms in total. The number of halogens is 1. The van der Waals surface area contributed by atoms with Crippen LogP contribution in [-0.4, -0.2) is 25.7 Å². The predicted molar refractivity (Wildman–Crippen MR) is 99.4 cm³/mol. The van der Waals surface area contributed by atoms with E-state index in [0.717, 1.165) is 59.2 Å². The highest BCUT2D eigenvalue weighted by molar-refractivity contribution is 9.09. The number of benzene rings is 2. The molecule has 2 aromatic rings. The number of hydrogen-bond acceptors (Lipinski definition) is 3. The largest absolute Gasteiger partial charge is 0.493 e. The summed E-state index contributed by atoms with van der Waals surface area (Å²) in [5.41, 5.74) is 0. The van der Waals surface area contributed by atoms with Gasteiger partial charge in [0.1, 0.15) is 5.75 Å². The highest BCUT2D eigenvalue weighted by Gasteiger charge is 2.14. The van der Waals surface area contributed by atoms with E-state index in [1.54, 1.807) is 7.11 Å². The smallest absolute Gasteiger partial charge is 0.169 e. The third-order valence-corrected chi connectivity index (χ3v) is 4.19. The van der Waals surface area contributed by atoms with E-state index in [2.05, 4.69) is 35.0 Å². The molecular formula is C19H25BrO3. The molecule has 0 atom stereocenters. The molecule has 0 saturated heterocycles. The molecule has 0 unspecified atom stereocenters. The molecule has 0 bridgehead atoms. The maximum absolute atomic E-state index is 6.02. The fourth-order valence-electron chi connectivity index (χ4n) is 2.47. The predicted octanol–water partition coefficient (Wildman–Crippen LogP) is 5.58. The molecule has 0 saturated carbocycles. The van der Waals surface area contributed by atoms with Gasteiger partial charge in [-0.2, -0.15) is 0 Å². The van der Waals surface area contributed by atoms with Gasteiger partial charge in [0.2, 0.25) is 0 Å². The summed E-state index contributed by atoms with van der Waals surface area (Å²) in [5.74, 6) is 2.39. The van der Waals surface area contributed by atoms with Gasteiger partial charge in [-0.1, -0.05) is 47.1 Å². The van der Waals surface area contributed by atoms with Gasteiger partial charge in [-0.25, -0.2) is 0 Å². The molecule has 0 aromatic heterocycles. The molecule has 4 heteroatoms. The summed E-state index contributed by atoms with van der Waals surface area (Å²) in [6.45, 7) is 3.49. The van der Waals surface area contributed by atoms with Gasteiger partial charge >= 0.3 is 0 Å². The topological polar surface area (TPSA) is 27.7 Å². The monoisotopic (exact) mass is 380 g/mol. The van der Waals surface area contributed by atoms with Gasteiger partial charge in [0, 0.05) is 22.2 Å². The van der Waals surface area contributed by atoms with Gasteiger partial charge < -0.3 is 14.2 Å². The standard InChI is InChI=1S/C19H25BrO3/c1-3-12-23-19-16-10-6-5-9-15(16)17(14-18(19)21-2)22-13-8-4-7-11-20/h5-6,9-10,14H,3-4,7-8,11-13H2,1-2H3. The van der Waals surface area contributed by atoms with Crippen molar-refractivity contribution < 1.29 is 14.2 Å². The number of fused-ring (bicyclic) bond motifs is 1. The van der Waals surface area contributed by atoms with Crippen molar-refractivity contribution in [2.24, 2.45) is 0 Å². The average molecular weight is 381 g/mol. The second-order valence-corrected chi connectivity index (χ2v) is 6.19. The molecule has 0 aliphatic rings. The summed E-state index contributed by atoms with van der Waals surface area (Å²) in [6.07, 6.45) is 4.36. The Bertz CT molecular complexity index is 613. The van der Waals surface area contributed by atoms with Gasteiger partial charge in [-0.15, -0.1) is 0 Å². The molecule has 2 aromatic carbocycles. The molecule has 0 heterocycles. The highest BCUT2D eigenvalue weighted by Crippen LogP contribution is 2.41. The minimum Gasteiger partial charge on any atom is -0.493 e. The quantitative estimate of drug-likeness (QED) is 0.397. The molecular weight excluding hydrogens is 356 g/mol. The SMILES string of the molecule is CCCOc1c(OC)cc(OCCCCCBr)c2ccccc12. The summed E-state index contributed by atoms with van der Waals surface area (Å²) < 4.78 is 17.5. The maximum atomic E-state index is 6.02. The van der Waals surface area contributed by atoms with E-state index in [1.807, 2.05) is 18.2 Å². The van der Waals surface area contributed by atoms with E-state index in [9.17, 15) is 0 Å². The van der Waals surface area contributed by atoms with Gasteiger partial charge in [-0.3, -0.25) is 0 Å². The van der Waals surface area contributed by atoms with Crippen LogP contribution in [0.25, 0.3) is 10.8 Å². The molecule has 0 radical (unpaired) electrons. The van der Waals surface area contributed by atoms with E-state index in [0.29, 0.717) is 6.61 Å². The summed E-state index contributed by atoms with van der Waals surface area (Å²) in [4.78, 5) is 0. The van der Waals surface area contributed by atoms with Gasteiger partial charge in [-0.05, 0) is 25.7 Å². The minimum absolute atomic E-state index is 0.674. The Morgan fingerprint density at radius 1 is 0.913 bits per heavy atom. The van der Waals surface area contributed by atoms with Gasteiger partial charge in [0.05, 0.1) is 20.3 Å². The Kier molecular flexibility index (Phi) is 7.53. The molecule has 0 N–H and O–H groups in total. The Labute approximate surface area is 147 Å². The van der Waals surface area contributed by atoms with Crippen LogP contribution in [0.3, 0.4) is 0 Å². The number of methoxy groups -OCH3 is 1. The zero-order chi connectivity index (χ0) is 16.5. The Morgan fingerprint density at radius 3 is 2.39 bits per heavy atom. The molecule has 126 valence electrons. The van der Waals surface area contributed by atoms with Crippen molar-refractivity contribution in [2.75, 3.05) is 25.7 Å². The summed E-state index contributed by atoms with van der Waals surface area (Å²) in [5, 5.41) is 3.16. The van der Waals surface area contributed by atoms with Crippen molar-refractivity contribution in [1.82, 2.24) is 0 Å². The summed E-state index contributed by atoms with van der Waals surface area (Å²) in [6, 6.07) is 10.1. The van der Waals surface area contributed by atoms with E-state index in [1.165, 1.54) is 6.42 Å². The van der Waals surface area contributed by atoms with Crippen molar-refractivity contribution in [3.05, 3.63) is 30.3 Å². The van der Waals surface area contributed by atoms with Crippen LogP contribution < -0.4 is 14.2 Å². The first kappa shape index (κ1) is 17.9. The fraction of sp³-hybridized carbons (Fsp3) is 0.474. The number of alkyl halides is 1. The normalized spacial score (nSPS) is 10.7. The van der Waals surface area contributed by atoms with Crippen LogP contribution >= 0.6 is 15.9 Å². The molecule has 0 amide bonds. The number of unbranched alkanes of at least 4 members (excludes halogenated alkanes) is 2. The van der Waals surface area contributed by atoms with E-state index in [4.69, 9.17) is 14.2 Å². The first-order valence-corrected chi connectivity index (χ1v) is 9.35. The van der Waals surface area contributed by atoms with Crippen LogP contribution in [-0.2, 0) is 0 Å². The third kappa shape index (κ3) is 4.77. The molecule has 0 aliphatic heterocycles. The van der Waals surface area contributed by atoms with Crippen molar-refractivity contribution in [1.29, 1.82) is 0 Å². The van der Waals surface area contributed by atoms with Crippen molar-refractivity contribution >= 4 is 26.7 Å². The molecule has 0 fully saturated rings. The summed E-state index contributed by atoms with van der Waals surface area (Å²) >= 11 is 3.46. The maximum Gasteiger partial charge on any atom is 0.169 e. The lowest BCUT2D eigenvalue weighted by molar-refractivity contribution is 0.290. The first-order chi connectivity index (χ1) is 11.3.